The van der Waals surface area contributed by atoms with E-state index in [1.54, 1.807) is 30.6 Å². The Kier molecular flexibility index (Phi) is 3.57. The average Bonchev–Trinajstić information content (AvgIpc) is 2.41. The minimum Gasteiger partial charge on any atom is -0.320 e. The van der Waals surface area contributed by atoms with Crippen LogP contribution in [0.1, 0.15) is 28.3 Å². The van der Waals surface area contributed by atoms with Gasteiger partial charge in [-0.2, -0.15) is 0 Å². The summed E-state index contributed by atoms with van der Waals surface area (Å²) in [5.41, 5.74) is 9.70. The zero-order valence-corrected chi connectivity index (χ0v) is 10.8. The maximum Gasteiger partial charge on any atom is 0.270 e. The van der Waals surface area contributed by atoms with Gasteiger partial charge in [0.1, 0.15) is 0 Å². The topological polar surface area (TPSA) is 82.0 Å². The molecule has 0 amide bonds. The Bertz CT molecular complexity index is 612. The predicted octanol–water partition coefficient (Wildman–Crippen LogP) is 2.65. The number of aryl methyl sites for hydroxylation is 1. The highest BCUT2D eigenvalue weighted by molar-refractivity contribution is 5.48. The van der Waals surface area contributed by atoms with E-state index in [2.05, 4.69) is 4.98 Å². The molecular weight excluding hydrogens is 242 g/mol. The lowest BCUT2D eigenvalue weighted by atomic mass is 9.93. The fraction of sp³-hybridized carbons (Fsp3) is 0.214. The Hall–Kier alpha value is -2.27. The van der Waals surface area contributed by atoms with Crippen molar-refractivity contribution in [3.8, 4) is 0 Å². The number of pyridine rings is 1. The van der Waals surface area contributed by atoms with Crippen LogP contribution in [0, 0.1) is 24.0 Å². The molecule has 98 valence electrons. The number of nitrogens with two attached hydrogens (primary N) is 1. The number of hydrogen-bond donors (Lipinski definition) is 1. The van der Waals surface area contributed by atoms with Crippen molar-refractivity contribution >= 4 is 5.69 Å². The molecule has 2 rings (SSSR count). The number of nitro benzene ring substituents is 1. The number of rotatable bonds is 3. The molecule has 2 aromatic rings. The van der Waals surface area contributed by atoms with E-state index in [4.69, 9.17) is 5.73 Å². The predicted molar refractivity (Wildman–Crippen MR) is 72.8 cm³/mol. The van der Waals surface area contributed by atoms with Crippen LogP contribution in [0.15, 0.2) is 36.7 Å². The molecule has 1 aromatic heterocycles. The minimum absolute atomic E-state index is 0.0671. The van der Waals surface area contributed by atoms with Crippen LogP contribution in [-0.4, -0.2) is 9.91 Å². The molecule has 5 nitrogen and oxygen atoms in total. The molecule has 0 spiro atoms. The van der Waals surface area contributed by atoms with Crippen molar-refractivity contribution in [2.24, 2.45) is 5.73 Å². The first kappa shape index (κ1) is 13.2. The summed E-state index contributed by atoms with van der Waals surface area (Å²) in [6.45, 7) is 3.77. The van der Waals surface area contributed by atoms with E-state index in [0.717, 1.165) is 22.3 Å². The van der Waals surface area contributed by atoms with Gasteiger partial charge < -0.3 is 5.73 Å². The van der Waals surface area contributed by atoms with Gasteiger partial charge in [0.2, 0.25) is 0 Å². The highest BCUT2D eigenvalue weighted by atomic mass is 16.6. The fourth-order valence-corrected chi connectivity index (χ4v) is 2.03. The summed E-state index contributed by atoms with van der Waals surface area (Å²) >= 11 is 0. The molecule has 0 bridgehead atoms. The van der Waals surface area contributed by atoms with Crippen LogP contribution in [0.2, 0.25) is 0 Å². The third-order valence-corrected chi connectivity index (χ3v) is 3.28. The minimum atomic E-state index is -0.410. The Balaban J connectivity index is 2.52. The maximum atomic E-state index is 10.9. The summed E-state index contributed by atoms with van der Waals surface area (Å²) in [6.07, 6.45) is 3.35. The lowest BCUT2D eigenvalue weighted by molar-refractivity contribution is -0.385. The van der Waals surface area contributed by atoms with E-state index in [1.165, 1.54) is 0 Å². The molecular formula is C14H15N3O2. The summed E-state index contributed by atoms with van der Waals surface area (Å²) in [5.74, 6) is 0. The van der Waals surface area contributed by atoms with Crippen molar-refractivity contribution in [3.63, 3.8) is 0 Å². The smallest absolute Gasteiger partial charge is 0.270 e. The monoisotopic (exact) mass is 257 g/mol. The van der Waals surface area contributed by atoms with Crippen LogP contribution in [0.4, 0.5) is 5.69 Å². The van der Waals surface area contributed by atoms with E-state index in [-0.39, 0.29) is 5.69 Å². The van der Waals surface area contributed by atoms with Crippen molar-refractivity contribution in [1.29, 1.82) is 0 Å². The molecule has 0 aliphatic rings. The summed E-state index contributed by atoms with van der Waals surface area (Å²) in [5, 5.41) is 10.9. The van der Waals surface area contributed by atoms with Crippen LogP contribution in [0.25, 0.3) is 0 Å². The van der Waals surface area contributed by atoms with Gasteiger partial charge in [0, 0.05) is 24.5 Å². The molecule has 1 unspecified atom stereocenters. The first-order valence-electron chi connectivity index (χ1n) is 5.91. The van der Waals surface area contributed by atoms with E-state index in [9.17, 15) is 10.1 Å². The van der Waals surface area contributed by atoms with Crippen molar-refractivity contribution in [1.82, 2.24) is 4.98 Å². The molecule has 19 heavy (non-hydrogen) atoms. The number of non-ortho nitro benzene ring substituents is 1. The molecule has 0 aliphatic heterocycles. The van der Waals surface area contributed by atoms with E-state index < -0.39 is 11.0 Å². The Labute approximate surface area is 111 Å². The van der Waals surface area contributed by atoms with Gasteiger partial charge in [-0.3, -0.25) is 15.1 Å². The second-order valence-electron chi connectivity index (χ2n) is 4.50. The van der Waals surface area contributed by atoms with Gasteiger partial charge in [-0.1, -0.05) is 6.07 Å². The van der Waals surface area contributed by atoms with Gasteiger partial charge in [-0.05, 0) is 42.2 Å². The molecule has 2 N–H and O–H groups in total. The van der Waals surface area contributed by atoms with Gasteiger partial charge >= 0.3 is 0 Å². The molecule has 1 heterocycles. The number of aromatic nitrogens is 1. The Morgan fingerprint density at radius 3 is 2.68 bits per heavy atom. The SMILES string of the molecule is Cc1cc([N+](=O)[O-])cc(C(N)c2cccnc2)c1C. The second kappa shape index (κ2) is 5.16. The van der Waals surface area contributed by atoms with Crippen LogP contribution in [-0.2, 0) is 0 Å². The molecule has 0 aliphatic carbocycles. The quantitative estimate of drug-likeness (QED) is 0.677. The summed E-state index contributed by atoms with van der Waals surface area (Å²) in [7, 11) is 0. The summed E-state index contributed by atoms with van der Waals surface area (Å²) in [6, 6.07) is 6.36. The zero-order chi connectivity index (χ0) is 14.0. The van der Waals surface area contributed by atoms with Crippen molar-refractivity contribution in [2.75, 3.05) is 0 Å². The first-order chi connectivity index (χ1) is 9.00. The van der Waals surface area contributed by atoms with Crippen LogP contribution < -0.4 is 5.73 Å². The number of benzene rings is 1. The molecule has 5 heteroatoms. The Morgan fingerprint density at radius 1 is 1.37 bits per heavy atom. The number of hydrogen-bond acceptors (Lipinski definition) is 4. The van der Waals surface area contributed by atoms with Crippen molar-refractivity contribution in [3.05, 3.63) is 69.0 Å². The number of nitro groups is 1. The molecule has 0 radical (unpaired) electrons. The lowest BCUT2D eigenvalue weighted by Crippen LogP contribution is -2.14. The van der Waals surface area contributed by atoms with Gasteiger partial charge in [-0.25, -0.2) is 0 Å². The lowest BCUT2D eigenvalue weighted by Gasteiger charge is -2.16. The van der Waals surface area contributed by atoms with Crippen molar-refractivity contribution in [2.45, 2.75) is 19.9 Å². The highest BCUT2D eigenvalue weighted by Gasteiger charge is 2.17. The van der Waals surface area contributed by atoms with E-state index >= 15 is 0 Å². The Morgan fingerprint density at radius 2 is 2.11 bits per heavy atom. The van der Waals surface area contributed by atoms with Gasteiger partial charge in [-0.15, -0.1) is 0 Å². The highest BCUT2D eigenvalue weighted by Crippen LogP contribution is 2.28. The summed E-state index contributed by atoms with van der Waals surface area (Å²) in [4.78, 5) is 14.6. The zero-order valence-electron chi connectivity index (χ0n) is 10.8. The van der Waals surface area contributed by atoms with E-state index in [1.807, 2.05) is 19.9 Å². The van der Waals surface area contributed by atoms with Crippen LogP contribution in [0.5, 0.6) is 0 Å². The average molecular weight is 257 g/mol. The standard InChI is InChI=1S/C14H15N3O2/c1-9-6-12(17(18)19)7-13(10(9)2)14(15)11-4-3-5-16-8-11/h3-8,14H,15H2,1-2H3. The third-order valence-electron chi connectivity index (χ3n) is 3.28. The molecule has 0 fully saturated rings. The third kappa shape index (κ3) is 2.61. The molecule has 1 aromatic carbocycles. The second-order valence-corrected chi connectivity index (χ2v) is 4.50. The van der Waals surface area contributed by atoms with Gasteiger partial charge in [0.15, 0.2) is 0 Å². The van der Waals surface area contributed by atoms with Gasteiger partial charge in [0.05, 0.1) is 11.0 Å². The fourth-order valence-electron chi connectivity index (χ4n) is 2.03. The maximum absolute atomic E-state index is 10.9. The van der Waals surface area contributed by atoms with Crippen LogP contribution >= 0.6 is 0 Å². The molecule has 0 saturated carbocycles. The van der Waals surface area contributed by atoms with Crippen molar-refractivity contribution < 1.29 is 4.92 Å². The number of nitrogens with zero attached hydrogens (tertiary/aromatic N) is 2. The molecule has 0 saturated heterocycles. The summed E-state index contributed by atoms with van der Waals surface area (Å²) < 4.78 is 0. The van der Waals surface area contributed by atoms with E-state index in [0.29, 0.717) is 0 Å². The normalized spacial score (nSPS) is 12.2. The first-order valence-corrected chi connectivity index (χ1v) is 5.91. The molecule has 1 atom stereocenters. The van der Waals surface area contributed by atoms with Crippen LogP contribution in [0.3, 0.4) is 0 Å². The largest absolute Gasteiger partial charge is 0.320 e. The van der Waals surface area contributed by atoms with Gasteiger partial charge in [0.25, 0.3) is 5.69 Å².